The standard InChI is InChI=1S/C96H188O40/c1-23-104-71(16)119-51-83(46-99-43-80-41-78-38-39-79(80)40-78)131-61-88(53-121-73(18)106-25-3)133-63-90(55-123-75(20)108-27-5)135-65-92(57-125-77(22)110-29-7)136-66-91(56-124-76(21)109-28-6)134-64-89(54-122-74(19)107-26-4)132-62-87(52-120-72(17)105-24-2)128-50-82(42-97)127-58-85(48-102-69-95(115-34-12)116-35-13)130-60-86(49-103-70-96(117-36-14)118-37-15)129-59-84(47-101-68-94(113-32-10)114-33-11)126-45-81(98)44-100-67-93(111-30-8)112-31-9/h38-39,71-98H,23-37,40-70H2,1-22H3. The van der Waals surface area contributed by atoms with Gasteiger partial charge < -0.3 is 190 Å². The van der Waals surface area contributed by atoms with Crippen LogP contribution in [0.25, 0.3) is 0 Å². The van der Waals surface area contributed by atoms with E-state index in [1.54, 1.807) is 20.8 Å². The van der Waals surface area contributed by atoms with Crippen molar-refractivity contribution in [1.29, 1.82) is 0 Å². The number of aliphatic hydroxyl groups is 2. The van der Waals surface area contributed by atoms with Crippen LogP contribution in [0.2, 0.25) is 0 Å². The Bertz CT molecular complexity index is 2560. The van der Waals surface area contributed by atoms with E-state index in [9.17, 15) is 10.2 Å². The molecular weight excluding hydrogens is 1790 g/mol. The number of hydrogen-bond donors (Lipinski definition) is 2. The van der Waals surface area contributed by atoms with Gasteiger partial charge in [-0.2, -0.15) is 0 Å². The summed E-state index contributed by atoms with van der Waals surface area (Å²) in [5.41, 5.74) is 0. The molecule has 22 atom stereocenters. The summed E-state index contributed by atoms with van der Waals surface area (Å²) in [6.07, 6.45) is -8.76. The Kier molecular flexibility index (Phi) is 84.7. The summed E-state index contributed by atoms with van der Waals surface area (Å²) in [6.45, 7) is 47.5. The summed E-state index contributed by atoms with van der Waals surface area (Å²) in [4.78, 5) is 0. The second-order valence-corrected chi connectivity index (χ2v) is 31.9. The van der Waals surface area contributed by atoms with Crippen molar-refractivity contribution < 1.29 is 190 Å². The highest BCUT2D eigenvalue weighted by Gasteiger charge is 2.37. The highest BCUT2D eigenvalue weighted by atomic mass is 16.8. The van der Waals surface area contributed by atoms with Crippen molar-refractivity contribution in [2.75, 3.05) is 291 Å². The van der Waals surface area contributed by atoms with E-state index in [-0.39, 0.29) is 172 Å². The molecule has 1 saturated carbocycles. The van der Waals surface area contributed by atoms with Gasteiger partial charge in [-0.3, -0.25) is 0 Å². The largest absolute Gasteiger partial charge is 0.394 e. The van der Waals surface area contributed by atoms with Gasteiger partial charge in [-0.15, -0.1) is 0 Å². The maximum atomic E-state index is 11.1. The Hall–Kier alpha value is -1.86. The topological polar surface area (TPSA) is 391 Å². The maximum Gasteiger partial charge on any atom is 0.180 e. The number of fused-ring (bicyclic) bond motifs is 2. The summed E-state index contributed by atoms with van der Waals surface area (Å²) < 4.78 is 234. The van der Waals surface area contributed by atoms with E-state index >= 15 is 0 Å². The smallest absolute Gasteiger partial charge is 0.180 e. The van der Waals surface area contributed by atoms with Gasteiger partial charge in [0.1, 0.15) is 73.2 Å². The van der Waals surface area contributed by atoms with Gasteiger partial charge in [-0.1, -0.05) is 12.2 Å². The van der Waals surface area contributed by atoms with E-state index in [4.69, 9.17) is 180 Å². The van der Waals surface area contributed by atoms with Crippen molar-refractivity contribution >= 4 is 0 Å². The average Bonchev–Trinajstić information content (AvgIpc) is 1.68. The van der Waals surface area contributed by atoms with Crippen molar-refractivity contribution in [3.63, 3.8) is 0 Å². The molecule has 136 heavy (non-hydrogen) atoms. The van der Waals surface area contributed by atoms with Crippen molar-refractivity contribution in [3.8, 4) is 0 Å². The molecule has 40 heteroatoms. The van der Waals surface area contributed by atoms with Crippen molar-refractivity contribution in [3.05, 3.63) is 12.2 Å². The van der Waals surface area contributed by atoms with Crippen LogP contribution in [0.3, 0.4) is 0 Å². The van der Waals surface area contributed by atoms with Crippen LogP contribution in [0.4, 0.5) is 0 Å². The molecule has 0 amide bonds. The van der Waals surface area contributed by atoms with Crippen LogP contribution in [0, 0.1) is 17.8 Å². The van der Waals surface area contributed by atoms with Gasteiger partial charge in [-0.25, -0.2) is 0 Å². The number of allylic oxidation sites excluding steroid dienone is 2. The molecular formula is C96H188O40. The molecule has 1 fully saturated rings. The Morgan fingerprint density at radius 2 is 0.390 bits per heavy atom. The summed E-state index contributed by atoms with van der Waals surface area (Å²) in [6, 6.07) is 0. The molecule has 0 aliphatic heterocycles. The SMILES string of the molecule is CCOC(C)OCC(COCC1CC2C=CC1C2)OCC(COC(C)OCC)OCC(COC(C)OCC)OCC(COC(C)OCC)OCC(COC(C)OCC)OCC(COC(C)OCC)OCC(COC(C)OCC)OCC(CO)OCC(COCC(OCC)OCC)OCC(COCC(OCC)OCC)OCC(COCC(OCC)OCC)OCC(O)COCC(OCC)OCC. The number of aliphatic hydroxyl groups excluding tert-OH is 2. The van der Waals surface area contributed by atoms with Crippen molar-refractivity contribution in [1.82, 2.24) is 0 Å². The zero-order valence-electron chi connectivity index (χ0n) is 87.1. The second-order valence-electron chi connectivity index (χ2n) is 31.9. The van der Waals surface area contributed by atoms with Crippen LogP contribution in [0.5, 0.6) is 0 Å². The Morgan fingerprint density at radius 1 is 0.199 bits per heavy atom. The van der Waals surface area contributed by atoms with Gasteiger partial charge in [0.05, 0.1) is 192 Å². The van der Waals surface area contributed by atoms with E-state index in [2.05, 4.69) is 12.2 Å². The molecule has 2 N–H and O–H groups in total. The first-order valence-electron chi connectivity index (χ1n) is 50.2. The molecule has 40 nitrogen and oxygen atoms in total. The fraction of sp³-hybridized carbons (Fsp3) is 0.979. The third-order valence-electron chi connectivity index (χ3n) is 20.4. The zero-order valence-corrected chi connectivity index (χ0v) is 87.1. The van der Waals surface area contributed by atoms with Gasteiger partial charge in [0.15, 0.2) is 69.2 Å². The van der Waals surface area contributed by atoms with E-state index in [0.717, 1.165) is 6.42 Å². The lowest BCUT2D eigenvalue weighted by molar-refractivity contribution is -0.205. The Morgan fingerprint density at radius 3 is 0.596 bits per heavy atom. The summed E-state index contributed by atoms with van der Waals surface area (Å²) in [7, 11) is 0. The number of rotatable bonds is 105. The first-order valence-corrected chi connectivity index (χ1v) is 50.2. The zero-order chi connectivity index (χ0) is 99.8. The van der Waals surface area contributed by atoms with Gasteiger partial charge in [0, 0.05) is 99.1 Å². The third-order valence-corrected chi connectivity index (χ3v) is 20.4. The van der Waals surface area contributed by atoms with E-state index < -0.39 is 149 Å². The van der Waals surface area contributed by atoms with Crippen LogP contribution < -0.4 is 0 Å². The molecule has 2 rings (SSSR count). The predicted molar refractivity (Wildman–Crippen MR) is 501 cm³/mol. The van der Waals surface area contributed by atoms with Gasteiger partial charge in [0.25, 0.3) is 0 Å². The highest BCUT2D eigenvalue weighted by Crippen LogP contribution is 2.43. The minimum atomic E-state index is -1.04. The fourth-order valence-electron chi connectivity index (χ4n) is 13.7. The second kappa shape index (κ2) is 88.4. The van der Waals surface area contributed by atoms with Crippen molar-refractivity contribution in [2.45, 2.75) is 308 Å². The van der Waals surface area contributed by atoms with Crippen LogP contribution in [-0.4, -0.2) is 443 Å². The Labute approximate surface area is 815 Å². The molecule has 0 saturated heterocycles. The molecule has 2 aliphatic carbocycles. The third kappa shape index (κ3) is 68.5. The van der Waals surface area contributed by atoms with Gasteiger partial charge in [-0.05, 0) is 183 Å². The van der Waals surface area contributed by atoms with Crippen LogP contribution >= 0.6 is 0 Å². The molecule has 0 aromatic heterocycles. The lowest BCUT2D eigenvalue weighted by Crippen LogP contribution is -2.40. The first kappa shape index (κ1) is 130. The minimum absolute atomic E-state index is 0.00227. The monoisotopic (exact) mass is 1980 g/mol. The molecule has 0 aromatic rings. The molecule has 0 spiro atoms. The molecule has 0 aromatic carbocycles. The molecule has 812 valence electrons. The normalized spacial score (nSPS) is 19.1. The van der Waals surface area contributed by atoms with E-state index in [1.807, 2.05) is 132 Å². The highest BCUT2D eigenvalue weighted by molar-refractivity contribution is 5.10. The van der Waals surface area contributed by atoms with E-state index in [0.29, 0.717) is 130 Å². The van der Waals surface area contributed by atoms with Crippen LogP contribution in [-0.2, 0) is 180 Å². The van der Waals surface area contributed by atoms with Crippen molar-refractivity contribution in [2.24, 2.45) is 17.8 Å². The first-order chi connectivity index (χ1) is 66.0. The van der Waals surface area contributed by atoms with E-state index in [1.165, 1.54) is 6.42 Å². The lowest BCUT2D eigenvalue weighted by Gasteiger charge is -2.29. The molecule has 22 unspecified atom stereocenters. The maximum absolute atomic E-state index is 11.1. The molecule has 2 aliphatic rings. The molecule has 0 radical (unpaired) electrons. The summed E-state index contributed by atoms with van der Waals surface area (Å²) in [5.74, 6) is 1.62. The minimum Gasteiger partial charge on any atom is -0.394 e. The van der Waals surface area contributed by atoms with Gasteiger partial charge >= 0.3 is 0 Å². The number of hydrogen-bond acceptors (Lipinski definition) is 40. The Balaban J connectivity index is 2.60. The fourth-order valence-corrected chi connectivity index (χ4v) is 13.7. The average molecular weight is 1980 g/mol. The quantitative estimate of drug-likeness (QED) is 0.0423. The summed E-state index contributed by atoms with van der Waals surface area (Å²) in [5, 5.41) is 22.2. The summed E-state index contributed by atoms with van der Waals surface area (Å²) >= 11 is 0. The van der Waals surface area contributed by atoms with Crippen LogP contribution in [0.15, 0.2) is 12.2 Å². The molecule has 2 bridgehead atoms. The number of ether oxygens (including phenoxy) is 38. The molecule has 0 heterocycles. The van der Waals surface area contributed by atoms with Gasteiger partial charge in [0.2, 0.25) is 0 Å². The lowest BCUT2D eigenvalue weighted by atomic mass is 9.95. The predicted octanol–water partition coefficient (Wildman–Crippen LogP) is 9.26. The van der Waals surface area contributed by atoms with Crippen LogP contribution in [0.1, 0.15) is 165 Å².